The maximum absolute atomic E-state index is 5.79. The first-order valence-electron chi connectivity index (χ1n) is 8.74. The first-order chi connectivity index (χ1) is 12.1. The van der Waals surface area contributed by atoms with Gasteiger partial charge in [-0.1, -0.05) is 48.0 Å². The number of hydrazone groups is 1. The van der Waals surface area contributed by atoms with E-state index < -0.39 is 0 Å². The van der Waals surface area contributed by atoms with Crippen LogP contribution in [0.3, 0.4) is 0 Å². The van der Waals surface area contributed by atoms with Gasteiger partial charge in [-0.15, -0.1) is 0 Å². The van der Waals surface area contributed by atoms with E-state index in [0.717, 1.165) is 17.9 Å². The van der Waals surface area contributed by atoms with Crippen LogP contribution in [0.4, 0.5) is 5.69 Å². The Bertz CT molecular complexity index is 777. The third-order valence-corrected chi connectivity index (χ3v) is 4.76. The number of fused-ring (bicyclic) bond motifs is 1. The lowest BCUT2D eigenvalue weighted by Gasteiger charge is -2.33. The highest BCUT2D eigenvalue weighted by molar-refractivity contribution is 5.89. The number of benzene rings is 2. The standard InChI is InChI=1S/C21H23N3O/c1-15-9-16(2)21(17(3)10-15)24-14-23-19(12-25-13-20(23)22-24)11-18-7-5-4-6-8-18/h4-10,19H,11-13H2,1-3H3/t19-/m0/s1. The summed E-state index contributed by atoms with van der Waals surface area (Å²) in [5, 5.41) is 6.66. The minimum absolute atomic E-state index is 0.228. The zero-order valence-corrected chi connectivity index (χ0v) is 15.0. The Morgan fingerprint density at radius 1 is 1.12 bits per heavy atom. The molecular formula is C21H23N3O. The van der Waals surface area contributed by atoms with Crippen LogP contribution in [-0.2, 0) is 11.2 Å². The van der Waals surface area contributed by atoms with Gasteiger partial charge in [-0.25, -0.2) is 5.01 Å². The van der Waals surface area contributed by atoms with Crippen LogP contribution >= 0.6 is 0 Å². The van der Waals surface area contributed by atoms with Crippen molar-refractivity contribution in [2.45, 2.75) is 33.2 Å². The smallest absolute Gasteiger partial charge is 0.233 e. The monoisotopic (exact) mass is 333 g/mol. The van der Waals surface area contributed by atoms with E-state index in [1.807, 2.05) is 11.1 Å². The molecule has 128 valence electrons. The SMILES string of the molecule is Cc1cc(C)c(N2[C]N3C(=N2)COC[C@@H]3Cc2ccccc2)c(C)c1. The molecule has 1 saturated heterocycles. The predicted molar refractivity (Wildman–Crippen MR) is 100 cm³/mol. The molecule has 0 spiro atoms. The summed E-state index contributed by atoms with van der Waals surface area (Å²) in [5.74, 6) is 0.937. The highest BCUT2D eigenvalue weighted by Gasteiger charge is 2.36. The molecule has 2 radical (unpaired) electrons. The Morgan fingerprint density at radius 3 is 2.56 bits per heavy atom. The van der Waals surface area contributed by atoms with E-state index in [9.17, 15) is 0 Å². The van der Waals surface area contributed by atoms with Crippen molar-refractivity contribution in [3.63, 3.8) is 0 Å². The summed E-state index contributed by atoms with van der Waals surface area (Å²) in [6.07, 6.45) is 0.923. The van der Waals surface area contributed by atoms with Crippen LogP contribution in [0, 0.1) is 27.4 Å². The van der Waals surface area contributed by atoms with Gasteiger partial charge in [0.2, 0.25) is 6.67 Å². The van der Waals surface area contributed by atoms with Crippen molar-refractivity contribution in [2.75, 3.05) is 18.2 Å². The minimum atomic E-state index is 0.228. The van der Waals surface area contributed by atoms with Crippen LogP contribution < -0.4 is 5.01 Å². The summed E-state index contributed by atoms with van der Waals surface area (Å²) in [5.41, 5.74) is 6.13. The van der Waals surface area contributed by atoms with E-state index in [-0.39, 0.29) is 6.04 Å². The van der Waals surface area contributed by atoms with Crippen LogP contribution in [0.1, 0.15) is 22.3 Å². The van der Waals surface area contributed by atoms with Gasteiger partial charge in [-0.3, -0.25) is 0 Å². The lowest BCUT2D eigenvalue weighted by atomic mass is 10.0. The normalized spacial score (nSPS) is 19.8. The molecule has 0 N–H and O–H groups in total. The van der Waals surface area contributed by atoms with Crippen LogP contribution in [0.5, 0.6) is 0 Å². The van der Waals surface area contributed by atoms with Gasteiger partial charge in [0.05, 0.1) is 18.3 Å². The van der Waals surface area contributed by atoms with Crippen molar-refractivity contribution < 1.29 is 4.74 Å². The number of aryl methyl sites for hydroxylation is 3. The molecule has 4 rings (SSSR count). The summed E-state index contributed by atoms with van der Waals surface area (Å²) in [7, 11) is 0. The maximum Gasteiger partial charge on any atom is 0.233 e. The molecule has 0 aliphatic carbocycles. The lowest BCUT2D eigenvalue weighted by molar-refractivity contribution is 0.0854. The fourth-order valence-corrected chi connectivity index (χ4v) is 3.74. The van der Waals surface area contributed by atoms with Crippen molar-refractivity contribution >= 4 is 11.5 Å². The molecule has 2 aromatic rings. The third kappa shape index (κ3) is 3.14. The predicted octanol–water partition coefficient (Wildman–Crippen LogP) is 3.69. The van der Waals surface area contributed by atoms with E-state index in [2.05, 4.69) is 68.7 Å². The number of anilines is 1. The average molecular weight is 333 g/mol. The number of morpholine rings is 1. The van der Waals surface area contributed by atoms with Crippen LogP contribution in [0.2, 0.25) is 0 Å². The molecule has 0 bridgehead atoms. The number of nitrogens with zero attached hydrogens (tertiary/aromatic N) is 3. The molecule has 1 atom stereocenters. The molecule has 2 heterocycles. The molecule has 2 aliphatic rings. The second-order valence-corrected chi connectivity index (χ2v) is 6.90. The molecule has 2 aromatic carbocycles. The lowest BCUT2D eigenvalue weighted by Crippen LogP contribution is -2.47. The van der Waals surface area contributed by atoms with Crippen molar-refractivity contribution in [1.82, 2.24) is 4.90 Å². The van der Waals surface area contributed by atoms with Crippen molar-refractivity contribution in [3.05, 3.63) is 71.4 Å². The summed E-state index contributed by atoms with van der Waals surface area (Å²) in [4.78, 5) is 2.16. The van der Waals surface area contributed by atoms with Gasteiger partial charge in [-0.2, -0.15) is 5.10 Å². The Labute approximate surface area is 149 Å². The quantitative estimate of drug-likeness (QED) is 0.857. The second kappa shape index (κ2) is 6.52. The summed E-state index contributed by atoms with van der Waals surface area (Å²) in [6, 6.07) is 15.1. The maximum atomic E-state index is 5.79. The first-order valence-corrected chi connectivity index (χ1v) is 8.74. The van der Waals surface area contributed by atoms with Gasteiger partial charge >= 0.3 is 0 Å². The summed E-state index contributed by atoms with van der Waals surface area (Å²) >= 11 is 0. The molecule has 0 saturated carbocycles. The van der Waals surface area contributed by atoms with E-state index >= 15 is 0 Å². The molecule has 4 heteroatoms. The van der Waals surface area contributed by atoms with E-state index in [1.54, 1.807) is 0 Å². The second-order valence-electron chi connectivity index (χ2n) is 6.90. The van der Waals surface area contributed by atoms with Gasteiger partial charge in [-0.05, 0) is 43.9 Å². The van der Waals surface area contributed by atoms with Gasteiger partial charge in [0.25, 0.3) is 0 Å². The number of hydrogen-bond acceptors (Lipinski definition) is 4. The molecule has 0 amide bonds. The van der Waals surface area contributed by atoms with E-state index in [0.29, 0.717) is 13.2 Å². The highest BCUT2D eigenvalue weighted by atomic mass is 16.5. The minimum Gasteiger partial charge on any atom is -0.371 e. The molecule has 4 nitrogen and oxygen atoms in total. The molecule has 1 fully saturated rings. The van der Waals surface area contributed by atoms with Crippen molar-refractivity contribution in [3.8, 4) is 0 Å². The number of ether oxygens (including phenoxy) is 1. The largest absolute Gasteiger partial charge is 0.371 e. The highest BCUT2D eigenvalue weighted by Crippen LogP contribution is 2.32. The Balaban J connectivity index is 1.58. The van der Waals surface area contributed by atoms with E-state index in [1.165, 1.54) is 22.3 Å². The van der Waals surface area contributed by atoms with Gasteiger partial charge in [0, 0.05) is 0 Å². The molecule has 0 aromatic heterocycles. The Hall–Kier alpha value is -2.33. The Morgan fingerprint density at radius 2 is 1.84 bits per heavy atom. The topological polar surface area (TPSA) is 28.1 Å². The first kappa shape index (κ1) is 16.2. The van der Waals surface area contributed by atoms with Gasteiger partial charge in [0.1, 0.15) is 6.61 Å². The van der Waals surface area contributed by atoms with Crippen molar-refractivity contribution in [2.24, 2.45) is 5.10 Å². The van der Waals surface area contributed by atoms with Crippen LogP contribution in [0.15, 0.2) is 47.6 Å². The molecule has 2 aliphatic heterocycles. The summed E-state index contributed by atoms with van der Waals surface area (Å²) < 4.78 is 5.79. The molecule has 25 heavy (non-hydrogen) atoms. The Kier molecular flexibility index (Phi) is 4.22. The average Bonchev–Trinajstić information content (AvgIpc) is 2.99. The fourth-order valence-electron chi connectivity index (χ4n) is 3.74. The fraction of sp³-hybridized carbons (Fsp3) is 0.333. The molecular weight excluding hydrogens is 310 g/mol. The van der Waals surface area contributed by atoms with Gasteiger partial charge in [0.15, 0.2) is 5.84 Å². The van der Waals surface area contributed by atoms with Gasteiger partial charge < -0.3 is 9.64 Å². The van der Waals surface area contributed by atoms with Crippen LogP contribution in [-0.4, -0.2) is 30.0 Å². The molecule has 0 unspecified atom stereocenters. The number of rotatable bonds is 3. The zero-order chi connectivity index (χ0) is 17.4. The van der Waals surface area contributed by atoms with Crippen LogP contribution in [0.25, 0.3) is 0 Å². The van der Waals surface area contributed by atoms with E-state index in [4.69, 9.17) is 9.84 Å². The number of hydrogen-bond donors (Lipinski definition) is 0. The zero-order valence-electron chi connectivity index (χ0n) is 15.0. The number of amidine groups is 1. The third-order valence-electron chi connectivity index (χ3n) is 4.76. The van der Waals surface area contributed by atoms with Crippen molar-refractivity contribution in [1.29, 1.82) is 0 Å². The summed E-state index contributed by atoms with van der Waals surface area (Å²) in [6.45, 7) is 11.1.